The van der Waals surface area contributed by atoms with E-state index in [-0.39, 0.29) is 30.7 Å². The van der Waals surface area contributed by atoms with Crippen LogP contribution in [0, 0.1) is 12.7 Å². The number of benzene rings is 1. The van der Waals surface area contributed by atoms with Gasteiger partial charge in [0.1, 0.15) is 5.82 Å². The van der Waals surface area contributed by atoms with Crippen molar-refractivity contribution >= 4 is 5.91 Å². The summed E-state index contributed by atoms with van der Waals surface area (Å²) < 4.78 is 19.1. The van der Waals surface area contributed by atoms with Crippen LogP contribution in [0.25, 0.3) is 0 Å². The van der Waals surface area contributed by atoms with Gasteiger partial charge in [0.15, 0.2) is 0 Å². The number of carbonyl (C=O) groups is 1. The number of aryl methyl sites for hydroxylation is 1. The van der Waals surface area contributed by atoms with Crippen molar-refractivity contribution in [2.75, 3.05) is 19.8 Å². The molecular weight excluding hydrogens is 249 g/mol. The van der Waals surface area contributed by atoms with Crippen LogP contribution >= 0.6 is 0 Å². The summed E-state index contributed by atoms with van der Waals surface area (Å²) >= 11 is 0. The summed E-state index contributed by atoms with van der Waals surface area (Å²) in [6.07, 6.45) is -0.395. The molecule has 5 heteroatoms. The normalized spacial score (nSPS) is 23.5. The summed E-state index contributed by atoms with van der Waals surface area (Å²) in [6.45, 7) is 4.15. The fraction of sp³-hybridized carbons (Fsp3) is 0.500. The van der Waals surface area contributed by atoms with Gasteiger partial charge in [-0.1, -0.05) is 11.6 Å². The molecule has 2 atom stereocenters. The number of nitrogens with zero attached hydrogens (tertiary/aromatic N) is 1. The van der Waals surface area contributed by atoms with E-state index in [0.717, 1.165) is 5.56 Å². The highest BCUT2D eigenvalue weighted by Crippen LogP contribution is 2.18. The number of morpholine rings is 1. The molecular formula is C14H18FNO3. The maximum atomic E-state index is 13.8. The second-order valence-corrected chi connectivity index (χ2v) is 4.93. The van der Waals surface area contributed by atoms with Gasteiger partial charge >= 0.3 is 0 Å². The first-order chi connectivity index (χ1) is 9.02. The molecule has 1 aromatic carbocycles. The molecule has 1 aliphatic rings. The molecule has 0 saturated carbocycles. The molecule has 0 aromatic heterocycles. The Kier molecular flexibility index (Phi) is 4.17. The Morgan fingerprint density at radius 2 is 2.32 bits per heavy atom. The lowest BCUT2D eigenvalue weighted by Gasteiger charge is -2.37. The monoisotopic (exact) mass is 267 g/mol. The van der Waals surface area contributed by atoms with Gasteiger partial charge < -0.3 is 14.7 Å². The number of hydrogen-bond donors (Lipinski definition) is 1. The number of carbonyl (C=O) groups excluding carboxylic acids is 1. The minimum atomic E-state index is -0.519. The van der Waals surface area contributed by atoms with Crippen molar-refractivity contribution in [1.29, 1.82) is 0 Å². The highest BCUT2D eigenvalue weighted by atomic mass is 19.1. The topological polar surface area (TPSA) is 49.8 Å². The summed E-state index contributed by atoms with van der Waals surface area (Å²) in [5.74, 6) is -0.870. The van der Waals surface area contributed by atoms with Crippen LogP contribution in [0.5, 0.6) is 0 Å². The number of rotatable bonds is 2. The molecule has 1 saturated heterocycles. The molecule has 2 rings (SSSR count). The summed E-state index contributed by atoms with van der Waals surface area (Å²) in [5.41, 5.74) is 0.912. The third-order valence-electron chi connectivity index (χ3n) is 3.32. The highest BCUT2D eigenvalue weighted by molar-refractivity contribution is 5.95. The molecule has 0 aliphatic carbocycles. The number of aliphatic hydroxyl groups is 1. The molecule has 19 heavy (non-hydrogen) atoms. The zero-order valence-electron chi connectivity index (χ0n) is 11.1. The lowest BCUT2D eigenvalue weighted by molar-refractivity contribution is -0.0668. The molecule has 4 nitrogen and oxygen atoms in total. The quantitative estimate of drug-likeness (QED) is 0.880. The Morgan fingerprint density at radius 3 is 3.00 bits per heavy atom. The first-order valence-electron chi connectivity index (χ1n) is 6.32. The van der Waals surface area contributed by atoms with Crippen LogP contribution < -0.4 is 0 Å². The van der Waals surface area contributed by atoms with E-state index in [4.69, 9.17) is 9.84 Å². The number of hydrogen-bond acceptors (Lipinski definition) is 3. The zero-order valence-corrected chi connectivity index (χ0v) is 11.1. The van der Waals surface area contributed by atoms with Gasteiger partial charge in [-0.05, 0) is 26.0 Å². The standard InChI is InChI=1S/C14H18FNO3/c1-9-3-4-13(15)12(5-9)14(18)16-6-11(7-17)19-8-10(16)2/h3-5,10-11,17H,6-8H2,1-2H3. The van der Waals surface area contributed by atoms with Gasteiger partial charge in [0, 0.05) is 6.54 Å². The van der Waals surface area contributed by atoms with E-state index in [9.17, 15) is 9.18 Å². The Labute approximate surface area is 111 Å². The van der Waals surface area contributed by atoms with Crippen molar-refractivity contribution in [3.05, 3.63) is 35.1 Å². The highest BCUT2D eigenvalue weighted by Gasteiger charge is 2.31. The Morgan fingerprint density at radius 1 is 1.58 bits per heavy atom. The van der Waals surface area contributed by atoms with Crippen LogP contribution in [0.1, 0.15) is 22.8 Å². The van der Waals surface area contributed by atoms with Crippen LogP contribution in [-0.2, 0) is 4.74 Å². The van der Waals surface area contributed by atoms with E-state index in [2.05, 4.69) is 0 Å². The molecule has 1 amide bonds. The van der Waals surface area contributed by atoms with E-state index in [1.165, 1.54) is 6.07 Å². The lowest BCUT2D eigenvalue weighted by atomic mass is 10.1. The largest absolute Gasteiger partial charge is 0.394 e. The maximum absolute atomic E-state index is 13.8. The van der Waals surface area contributed by atoms with Gasteiger partial charge in [-0.3, -0.25) is 4.79 Å². The summed E-state index contributed by atoms with van der Waals surface area (Å²) in [5, 5.41) is 9.11. The lowest BCUT2D eigenvalue weighted by Crippen LogP contribution is -2.52. The average molecular weight is 267 g/mol. The van der Waals surface area contributed by atoms with Crippen molar-refractivity contribution in [2.45, 2.75) is 26.0 Å². The van der Waals surface area contributed by atoms with Gasteiger partial charge in [-0.25, -0.2) is 4.39 Å². The van der Waals surface area contributed by atoms with Crippen LogP contribution in [-0.4, -0.2) is 47.8 Å². The molecule has 0 spiro atoms. The van der Waals surface area contributed by atoms with E-state index in [1.54, 1.807) is 17.0 Å². The average Bonchev–Trinajstić information content (AvgIpc) is 2.41. The third kappa shape index (κ3) is 2.93. The molecule has 1 aliphatic heterocycles. The molecule has 1 fully saturated rings. The smallest absolute Gasteiger partial charge is 0.257 e. The van der Waals surface area contributed by atoms with Gasteiger partial charge in [0.05, 0.1) is 30.9 Å². The van der Waals surface area contributed by atoms with Gasteiger partial charge in [-0.2, -0.15) is 0 Å². The maximum Gasteiger partial charge on any atom is 0.257 e. The number of aliphatic hydroxyl groups excluding tert-OH is 1. The number of halogens is 1. The van der Waals surface area contributed by atoms with Crippen molar-refractivity contribution in [2.24, 2.45) is 0 Å². The van der Waals surface area contributed by atoms with Gasteiger partial charge in [0.2, 0.25) is 0 Å². The van der Waals surface area contributed by atoms with Crippen LogP contribution in [0.4, 0.5) is 4.39 Å². The van der Waals surface area contributed by atoms with Crippen molar-refractivity contribution < 1.29 is 19.0 Å². The van der Waals surface area contributed by atoms with Gasteiger partial charge in [-0.15, -0.1) is 0 Å². The van der Waals surface area contributed by atoms with E-state index >= 15 is 0 Å². The molecule has 1 heterocycles. The third-order valence-corrected chi connectivity index (χ3v) is 3.32. The van der Waals surface area contributed by atoms with Crippen LogP contribution in [0.15, 0.2) is 18.2 Å². The molecule has 104 valence electrons. The first-order valence-corrected chi connectivity index (χ1v) is 6.32. The minimum Gasteiger partial charge on any atom is -0.394 e. The molecule has 0 radical (unpaired) electrons. The van der Waals surface area contributed by atoms with Crippen molar-refractivity contribution in [1.82, 2.24) is 4.90 Å². The summed E-state index contributed by atoms with van der Waals surface area (Å²) in [7, 11) is 0. The van der Waals surface area contributed by atoms with E-state index in [1.807, 2.05) is 13.8 Å². The second-order valence-electron chi connectivity index (χ2n) is 4.93. The van der Waals surface area contributed by atoms with Crippen molar-refractivity contribution in [3.63, 3.8) is 0 Å². The SMILES string of the molecule is Cc1ccc(F)c(C(=O)N2CC(CO)OCC2C)c1. The van der Waals surface area contributed by atoms with Crippen LogP contribution in [0.3, 0.4) is 0 Å². The fourth-order valence-corrected chi connectivity index (χ4v) is 2.17. The zero-order chi connectivity index (χ0) is 14.0. The van der Waals surface area contributed by atoms with E-state index in [0.29, 0.717) is 6.61 Å². The fourth-order valence-electron chi connectivity index (χ4n) is 2.17. The number of amides is 1. The van der Waals surface area contributed by atoms with Crippen LogP contribution in [0.2, 0.25) is 0 Å². The van der Waals surface area contributed by atoms with E-state index < -0.39 is 11.9 Å². The van der Waals surface area contributed by atoms with Gasteiger partial charge in [0.25, 0.3) is 5.91 Å². The predicted molar refractivity (Wildman–Crippen MR) is 68.5 cm³/mol. The summed E-state index contributed by atoms with van der Waals surface area (Å²) in [6, 6.07) is 4.35. The molecule has 2 unspecified atom stereocenters. The minimum absolute atomic E-state index is 0.0745. The second kappa shape index (κ2) is 5.67. The molecule has 0 bridgehead atoms. The number of ether oxygens (including phenoxy) is 1. The molecule has 1 N–H and O–H groups in total. The Hall–Kier alpha value is -1.46. The Bertz CT molecular complexity index is 478. The predicted octanol–water partition coefficient (Wildman–Crippen LogP) is 1.36. The summed E-state index contributed by atoms with van der Waals surface area (Å²) in [4.78, 5) is 14.0. The molecule has 1 aromatic rings. The first kappa shape index (κ1) is 14.0. The van der Waals surface area contributed by atoms with Crippen molar-refractivity contribution in [3.8, 4) is 0 Å². The Balaban J connectivity index is 2.24.